The summed E-state index contributed by atoms with van der Waals surface area (Å²) in [5.41, 5.74) is 0. The zero-order chi connectivity index (χ0) is 12.7. The van der Waals surface area contributed by atoms with Gasteiger partial charge in [0.15, 0.2) is 0 Å². The van der Waals surface area contributed by atoms with Crippen LogP contribution in [0.2, 0.25) is 25.1 Å². The largest absolute Gasteiger partial charge is 0.219 e. The van der Waals surface area contributed by atoms with E-state index in [0.29, 0.717) is 5.41 Å². The lowest BCUT2D eigenvalue weighted by molar-refractivity contribution is 0.605. The quantitative estimate of drug-likeness (QED) is 0.568. The van der Waals surface area contributed by atoms with Gasteiger partial charge >= 0.3 is 0 Å². The summed E-state index contributed by atoms with van der Waals surface area (Å²) in [4.78, 5) is -0.398. The van der Waals surface area contributed by atoms with Crippen molar-refractivity contribution in [3.8, 4) is 0 Å². The van der Waals surface area contributed by atoms with E-state index in [1.807, 2.05) is 0 Å². The van der Waals surface area contributed by atoms with E-state index >= 15 is 0 Å². The molecule has 0 radical (unpaired) electrons. The third-order valence-electron chi connectivity index (χ3n) is 1.67. The maximum absolute atomic E-state index is 11.6. The van der Waals surface area contributed by atoms with Gasteiger partial charge in [0.1, 0.15) is 4.90 Å². The van der Waals surface area contributed by atoms with Gasteiger partial charge in [-0.3, -0.25) is 0 Å². The highest BCUT2D eigenvalue weighted by atomic mass is 35.5. The van der Waals surface area contributed by atoms with E-state index in [9.17, 15) is 8.42 Å². The molecule has 1 rings (SSSR count). The molecular formula is C8H3Cl5O2S. The van der Waals surface area contributed by atoms with Crippen molar-refractivity contribution in [3.05, 3.63) is 37.1 Å². The Morgan fingerprint density at radius 3 is 1.44 bits per heavy atom. The molecule has 0 heterocycles. The summed E-state index contributed by atoms with van der Waals surface area (Å²) in [6.07, 6.45) is 0. The fraction of sp³-hybridized carbons (Fsp3) is 0. The lowest BCUT2D eigenvalue weighted by Gasteiger charge is -2.10. The van der Waals surface area contributed by atoms with E-state index in [-0.39, 0.29) is 25.1 Å². The molecule has 0 saturated heterocycles. The van der Waals surface area contributed by atoms with Crippen LogP contribution >= 0.6 is 58.0 Å². The van der Waals surface area contributed by atoms with Crippen LogP contribution < -0.4 is 0 Å². The zero-order valence-corrected chi connectivity index (χ0v) is 12.0. The molecule has 16 heavy (non-hydrogen) atoms. The number of rotatable bonds is 2. The average molecular weight is 340 g/mol. The van der Waals surface area contributed by atoms with Crippen molar-refractivity contribution in [1.82, 2.24) is 0 Å². The molecule has 8 heteroatoms. The normalized spacial score (nSPS) is 11.6. The maximum atomic E-state index is 11.6. The molecule has 0 amide bonds. The van der Waals surface area contributed by atoms with Crippen LogP contribution in [0.25, 0.3) is 0 Å². The van der Waals surface area contributed by atoms with E-state index < -0.39 is 14.7 Å². The minimum absolute atomic E-state index is 0.0960. The predicted molar refractivity (Wildman–Crippen MR) is 68.9 cm³/mol. The second-order valence-corrected chi connectivity index (χ2v) is 6.33. The summed E-state index contributed by atoms with van der Waals surface area (Å²) >= 11 is 28.6. The van der Waals surface area contributed by atoms with Crippen molar-refractivity contribution < 1.29 is 8.42 Å². The van der Waals surface area contributed by atoms with Crippen LogP contribution in [0.3, 0.4) is 0 Å². The smallest absolute Gasteiger partial charge is 0.202 e. The summed E-state index contributed by atoms with van der Waals surface area (Å²) in [6, 6.07) is 0. The molecule has 1 aromatic rings. The first-order valence-corrected chi connectivity index (χ1v) is 7.06. The summed E-state index contributed by atoms with van der Waals surface area (Å²) in [5.74, 6) is 0. The van der Waals surface area contributed by atoms with Crippen LogP contribution in [0.5, 0.6) is 0 Å². The molecule has 0 spiro atoms. The number of hydrogen-bond acceptors (Lipinski definition) is 2. The molecule has 0 bridgehead atoms. The Balaban J connectivity index is 3.86. The Hall–Kier alpha value is 0.360. The van der Waals surface area contributed by atoms with Crippen LogP contribution in [0.1, 0.15) is 0 Å². The van der Waals surface area contributed by atoms with E-state index in [1.54, 1.807) is 0 Å². The highest BCUT2D eigenvalue weighted by molar-refractivity contribution is 7.94. The fourth-order valence-corrected chi connectivity index (χ4v) is 3.68. The number of hydrogen-bond donors (Lipinski definition) is 0. The standard InChI is InChI=1S/C8H3Cl5O2S/c1-2-16(14,15)8-6(12)4(10)3(9)5(11)7(8)13/h2H,1H2. The first-order valence-electron chi connectivity index (χ1n) is 3.63. The van der Waals surface area contributed by atoms with Gasteiger partial charge in [0.25, 0.3) is 0 Å². The molecular weight excluding hydrogens is 337 g/mol. The second-order valence-electron chi connectivity index (χ2n) is 2.61. The molecule has 2 nitrogen and oxygen atoms in total. The van der Waals surface area contributed by atoms with Crippen LogP contribution in [0, 0.1) is 0 Å². The number of halogens is 5. The molecule has 0 aliphatic heterocycles. The minimum atomic E-state index is -3.85. The second kappa shape index (κ2) is 4.92. The van der Waals surface area contributed by atoms with Crippen molar-refractivity contribution in [2.45, 2.75) is 4.90 Å². The Morgan fingerprint density at radius 2 is 1.12 bits per heavy atom. The first-order chi connectivity index (χ1) is 7.24. The van der Waals surface area contributed by atoms with Crippen LogP contribution in [-0.4, -0.2) is 8.42 Å². The third kappa shape index (κ3) is 2.30. The third-order valence-corrected chi connectivity index (χ3v) is 5.59. The van der Waals surface area contributed by atoms with Gasteiger partial charge in [0, 0.05) is 5.41 Å². The van der Waals surface area contributed by atoms with Gasteiger partial charge in [-0.05, 0) is 0 Å². The minimum Gasteiger partial charge on any atom is -0.219 e. The molecule has 0 aliphatic rings. The average Bonchev–Trinajstić information content (AvgIpc) is 2.23. The first kappa shape index (κ1) is 14.4. The van der Waals surface area contributed by atoms with Crippen LogP contribution in [0.15, 0.2) is 16.9 Å². The highest BCUT2D eigenvalue weighted by Crippen LogP contribution is 2.46. The van der Waals surface area contributed by atoms with Crippen molar-refractivity contribution in [1.29, 1.82) is 0 Å². The summed E-state index contributed by atoms with van der Waals surface area (Å²) in [5, 5.41) is -0.291. The monoisotopic (exact) mass is 338 g/mol. The van der Waals surface area contributed by atoms with Gasteiger partial charge in [0.05, 0.1) is 25.1 Å². The summed E-state index contributed by atoms with van der Waals surface area (Å²) in [7, 11) is -3.85. The molecule has 0 atom stereocenters. The molecule has 1 aromatic carbocycles. The SMILES string of the molecule is C=CS(=O)(=O)c1c(Cl)c(Cl)c(Cl)c(Cl)c1Cl. The Morgan fingerprint density at radius 1 is 0.812 bits per heavy atom. The van der Waals surface area contributed by atoms with Crippen molar-refractivity contribution in [3.63, 3.8) is 0 Å². The molecule has 0 N–H and O–H groups in total. The van der Waals surface area contributed by atoms with E-state index in [4.69, 9.17) is 58.0 Å². The molecule has 0 unspecified atom stereocenters. The molecule has 0 aromatic heterocycles. The topological polar surface area (TPSA) is 34.1 Å². The number of benzene rings is 1. The Labute approximate surface area is 118 Å². The zero-order valence-electron chi connectivity index (χ0n) is 7.40. The molecule has 0 saturated carbocycles. The van der Waals surface area contributed by atoms with Crippen molar-refractivity contribution in [2.24, 2.45) is 0 Å². The lowest BCUT2D eigenvalue weighted by Crippen LogP contribution is -1.99. The Bertz CT molecular complexity index is 535. The van der Waals surface area contributed by atoms with Gasteiger partial charge in [0.2, 0.25) is 9.84 Å². The van der Waals surface area contributed by atoms with Gasteiger partial charge in [-0.15, -0.1) is 0 Å². The molecule has 0 fully saturated rings. The van der Waals surface area contributed by atoms with Crippen LogP contribution in [-0.2, 0) is 9.84 Å². The van der Waals surface area contributed by atoms with Crippen molar-refractivity contribution in [2.75, 3.05) is 0 Å². The van der Waals surface area contributed by atoms with Crippen LogP contribution in [0.4, 0.5) is 0 Å². The Kier molecular flexibility index (Phi) is 4.44. The van der Waals surface area contributed by atoms with E-state index in [0.717, 1.165) is 0 Å². The predicted octanol–water partition coefficient (Wildman–Crippen LogP) is 4.87. The highest BCUT2D eigenvalue weighted by Gasteiger charge is 2.26. The van der Waals surface area contributed by atoms with Gasteiger partial charge in [-0.1, -0.05) is 64.6 Å². The maximum Gasteiger partial charge on any atom is 0.202 e. The van der Waals surface area contributed by atoms with Gasteiger partial charge in [-0.2, -0.15) is 0 Å². The molecule has 88 valence electrons. The van der Waals surface area contributed by atoms with E-state index in [1.165, 1.54) is 0 Å². The van der Waals surface area contributed by atoms with Gasteiger partial charge < -0.3 is 0 Å². The summed E-state index contributed by atoms with van der Waals surface area (Å²) in [6.45, 7) is 3.15. The van der Waals surface area contributed by atoms with Crippen molar-refractivity contribution >= 4 is 67.8 Å². The number of sulfone groups is 1. The lowest BCUT2D eigenvalue weighted by atomic mass is 10.3. The summed E-state index contributed by atoms with van der Waals surface area (Å²) < 4.78 is 23.2. The fourth-order valence-electron chi connectivity index (χ4n) is 0.918. The molecule has 0 aliphatic carbocycles. The van der Waals surface area contributed by atoms with Gasteiger partial charge in [-0.25, -0.2) is 8.42 Å². The van der Waals surface area contributed by atoms with E-state index in [2.05, 4.69) is 6.58 Å².